The van der Waals surface area contributed by atoms with Crippen LogP contribution in [0.15, 0.2) is 279 Å². The summed E-state index contributed by atoms with van der Waals surface area (Å²) in [6.45, 7) is 16.7. The van der Waals surface area contributed by atoms with Crippen molar-refractivity contribution < 1.29 is 112 Å². The standard InChI is InChI=1S/C17H17NO2.C16H15NO3.C12H14O3.C11H11ClO2.C11H12O3.C10H10O4.2C7H5IO2.C7H7NO2/c1-12(13(2)19)14-8-10-15(11-9-14)17(20)18-16-6-4-3-5-7-16;1-11(16(19)20)12-7-9-13(10-8-12)15(18)17-14-5-3-2-4-6-14;1-8(9(2)13)10-4-6-11(7-5-10)12(14)15-3;1-7(8(2)13)9-3-5-10(6-4-9)11(12)14;1-7(8(2)12)9-3-5-10(6-4-9)11(13)14;1-6(9(11)12)7-2-4-8(5-3-7)10(13)14;3*8-6-3-1-5(2-4-6)7(9)10/h3-12H,1-2H3,(H,18,20);2-11H,1H3,(H,17,18)(H,19,20);4-8H,1-3H3;3-7H,1-2H3;3-7H,1-2H3,(H,13,14);2-6H,1H3,(H,11,12)(H,13,14);2*1-4H,(H,9,10);1-4H,8H2,(H,9,10). The van der Waals surface area contributed by atoms with Gasteiger partial charge in [0.05, 0.1) is 52.3 Å². The predicted molar refractivity (Wildman–Crippen MR) is 501 cm³/mol. The van der Waals surface area contributed by atoms with Gasteiger partial charge in [0.2, 0.25) is 0 Å². The Balaban J connectivity index is 0.000000372. The van der Waals surface area contributed by atoms with E-state index >= 15 is 0 Å². The van der Waals surface area contributed by atoms with Crippen LogP contribution in [0.2, 0.25) is 0 Å². The first kappa shape index (κ1) is 107. The maximum Gasteiger partial charge on any atom is 0.337 e. The molecule has 0 heterocycles. The molecular formula is C98H96ClI2N3O23. The quantitative estimate of drug-likeness (QED) is 0.0123. The number of methoxy groups -OCH3 is 1. The lowest BCUT2D eigenvalue weighted by Gasteiger charge is -2.09. The van der Waals surface area contributed by atoms with E-state index in [-0.39, 0.29) is 81.3 Å². The summed E-state index contributed by atoms with van der Waals surface area (Å²) in [5.41, 5.74) is 15.6. The first-order valence-corrected chi connectivity index (χ1v) is 41.0. The van der Waals surface area contributed by atoms with E-state index in [1.54, 1.807) is 211 Å². The largest absolute Gasteiger partial charge is 0.481 e. The third-order valence-corrected chi connectivity index (χ3v) is 20.4. The molecule has 0 aliphatic carbocycles. The average molecular weight is 1970 g/mol. The van der Waals surface area contributed by atoms with E-state index < -0.39 is 58.9 Å². The maximum atomic E-state index is 12.1. The Morgan fingerprint density at radius 1 is 0.283 bits per heavy atom. The number of para-hydroxylation sites is 2. The van der Waals surface area contributed by atoms with Crippen LogP contribution in [0.3, 0.4) is 0 Å². The number of carbonyl (C=O) groups is 15. The van der Waals surface area contributed by atoms with Crippen LogP contribution in [-0.2, 0) is 33.5 Å². The second-order valence-electron chi connectivity index (χ2n) is 27.7. The van der Waals surface area contributed by atoms with Gasteiger partial charge in [-0.2, -0.15) is 0 Å². The minimum absolute atomic E-state index is 0.0769. The Morgan fingerprint density at radius 3 is 0.685 bits per heavy atom. The van der Waals surface area contributed by atoms with E-state index in [0.717, 1.165) is 40.8 Å². The van der Waals surface area contributed by atoms with Crippen LogP contribution in [0.4, 0.5) is 17.1 Å². The van der Waals surface area contributed by atoms with Crippen LogP contribution in [0.25, 0.3) is 0 Å². The van der Waals surface area contributed by atoms with Crippen molar-refractivity contribution in [1.29, 1.82) is 0 Å². The van der Waals surface area contributed by atoms with Crippen molar-refractivity contribution in [3.63, 3.8) is 0 Å². The molecule has 6 unspecified atom stereocenters. The molecule has 0 saturated carbocycles. The topological polar surface area (TPSA) is 457 Å². The average Bonchev–Trinajstić information content (AvgIpc) is 0.857. The molecule has 6 atom stereocenters. The number of carbonyl (C=O) groups excluding carboxylic acids is 8. The highest BCUT2D eigenvalue weighted by Gasteiger charge is 2.19. The summed E-state index contributed by atoms with van der Waals surface area (Å²) in [7, 11) is 1.34. The lowest BCUT2D eigenvalue weighted by molar-refractivity contribution is -0.139. The SMILES string of the molecule is CC(=O)C(C)c1ccc(C(=O)Cl)cc1.CC(=O)C(C)c1ccc(C(=O)Nc2ccccc2)cc1.CC(=O)C(C)c1ccc(C(=O)O)cc1.CC(C(=O)O)c1ccc(C(=O)Nc2ccccc2)cc1.CC(C(=O)O)c1ccc(C(=O)O)cc1.COC(=O)c1ccc(C(C)C(C)=O)cc1.Nc1ccc(C(=O)O)cc1.O=C(O)c1ccc(I)cc1.O=C(O)c1ccc(I)cc1. The molecule has 11 rings (SSSR count). The molecule has 0 spiro atoms. The number of Topliss-reactive ketones (excluding diaryl/α,β-unsaturated/α-hetero) is 4. The maximum absolute atomic E-state index is 12.1. The number of esters is 1. The number of hydrogen-bond donors (Lipinski definition) is 10. The fourth-order valence-corrected chi connectivity index (χ4v) is 10.9. The zero-order valence-electron chi connectivity index (χ0n) is 70.9. The third kappa shape index (κ3) is 39.2. The summed E-state index contributed by atoms with van der Waals surface area (Å²) < 4.78 is 6.67. The second kappa shape index (κ2) is 55.3. The third-order valence-electron chi connectivity index (χ3n) is 18.7. The minimum atomic E-state index is -1.01. The van der Waals surface area contributed by atoms with Crippen molar-refractivity contribution in [3.05, 3.63) is 370 Å². The molecule has 127 heavy (non-hydrogen) atoms. The lowest BCUT2D eigenvalue weighted by atomic mass is 9.96. The number of ether oxygens (including phenoxy) is 1. The monoisotopic (exact) mass is 1970 g/mol. The number of rotatable bonds is 23. The number of halogens is 3. The number of hydrogen-bond acceptors (Lipinski definition) is 17. The zero-order valence-corrected chi connectivity index (χ0v) is 76.0. The number of ketones is 4. The molecule has 11 N–H and O–H groups in total. The highest BCUT2D eigenvalue weighted by atomic mass is 127. The number of nitrogen functional groups attached to an aromatic ring is 1. The van der Waals surface area contributed by atoms with Crippen LogP contribution in [0.1, 0.15) is 231 Å². The van der Waals surface area contributed by atoms with Crippen molar-refractivity contribution in [3.8, 4) is 0 Å². The van der Waals surface area contributed by atoms with Gasteiger partial charge in [-0.15, -0.1) is 0 Å². The van der Waals surface area contributed by atoms with Crippen LogP contribution >= 0.6 is 56.8 Å². The smallest absolute Gasteiger partial charge is 0.337 e. The number of carboxylic acid groups (broad SMARTS) is 7. The van der Waals surface area contributed by atoms with Gasteiger partial charge >= 0.3 is 47.8 Å². The van der Waals surface area contributed by atoms with Gasteiger partial charge in [-0.3, -0.25) is 43.2 Å². The van der Waals surface area contributed by atoms with Crippen molar-refractivity contribution in [2.45, 2.75) is 105 Å². The van der Waals surface area contributed by atoms with Crippen molar-refractivity contribution >= 4 is 162 Å². The fourth-order valence-electron chi connectivity index (χ4n) is 10.1. The molecule has 2 amide bonds. The summed E-state index contributed by atoms with van der Waals surface area (Å²) in [6.07, 6.45) is 0. The van der Waals surface area contributed by atoms with E-state index in [0.29, 0.717) is 50.2 Å². The van der Waals surface area contributed by atoms with Crippen LogP contribution in [-0.4, -0.2) is 131 Å². The summed E-state index contributed by atoms with van der Waals surface area (Å²) in [5.74, 6) is -8.54. The number of benzene rings is 11. The van der Waals surface area contributed by atoms with Crippen molar-refractivity contribution in [2.24, 2.45) is 0 Å². The van der Waals surface area contributed by atoms with E-state index in [1.807, 2.05) is 81.4 Å². The predicted octanol–water partition coefficient (Wildman–Crippen LogP) is 20.3. The molecule has 0 aliphatic rings. The molecule has 0 radical (unpaired) electrons. The normalized spacial score (nSPS) is 11.3. The number of aromatic carboxylic acids is 5. The van der Waals surface area contributed by atoms with Gasteiger partial charge in [-0.1, -0.05) is 137 Å². The molecule has 0 bridgehead atoms. The first-order chi connectivity index (χ1) is 59.9. The van der Waals surface area contributed by atoms with Gasteiger partial charge in [-0.25, -0.2) is 28.8 Å². The highest BCUT2D eigenvalue weighted by molar-refractivity contribution is 14.1. The van der Waals surface area contributed by atoms with Crippen molar-refractivity contribution in [2.75, 3.05) is 23.5 Å². The van der Waals surface area contributed by atoms with Gasteiger partial charge in [0.25, 0.3) is 17.1 Å². The van der Waals surface area contributed by atoms with Crippen LogP contribution in [0.5, 0.6) is 0 Å². The van der Waals surface area contributed by atoms with Gasteiger partial charge < -0.3 is 56.8 Å². The molecule has 29 heteroatoms. The van der Waals surface area contributed by atoms with Crippen LogP contribution < -0.4 is 16.4 Å². The van der Waals surface area contributed by atoms with E-state index in [9.17, 15) is 71.9 Å². The molecule has 0 aromatic heterocycles. The van der Waals surface area contributed by atoms with Gasteiger partial charge in [0, 0.05) is 64.6 Å². The molecule has 662 valence electrons. The Hall–Kier alpha value is -14.0. The first-order valence-electron chi connectivity index (χ1n) is 38.5. The van der Waals surface area contributed by atoms with Crippen molar-refractivity contribution in [1.82, 2.24) is 0 Å². The minimum Gasteiger partial charge on any atom is -0.481 e. The number of anilines is 3. The van der Waals surface area contributed by atoms with Crippen LogP contribution in [0, 0.1) is 7.14 Å². The Kier molecular flexibility index (Phi) is 46.7. The van der Waals surface area contributed by atoms with E-state index in [1.165, 1.54) is 62.6 Å². The Morgan fingerprint density at radius 2 is 0.480 bits per heavy atom. The molecule has 11 aromatic carbocycles. The molecular weight excluding hydrogens is 1880 g/mol. The number of amides is 2. The zero-order chi connectivity index (χ0) is 95.3. The fraction of sp³-hybridized carbons (Fsp3) is 0.173. The second-order valence-corrected chi connectivity index (χ2v) is 30.6. The summed E-state index contributed by atoms with van der Waals surface area (Å²) in [4.78, 5) is 164. The van der Waals surface area contributed by atoms with E-state index in [2.05, 4.69) is 60.6 Å². The number of nitrogens with two attached hydrogens (primary N) is 1. The molecule has 0 fully saturated rings. The van der Waals surface area contributed by atoms with Gasteiger partial charge in [0.15, 0.2) is 0 Å². The molecule has 26 nitrogen and oxygen atoms in total. The van der Waals surface area contributed by atoms with Gasteiger partial charge in [0.1, 0.15) is 23.1 Å². The molecule has 11 aromatic rings. The van der Waals surface area contributed by atoms with Gasteiger partial charge in [-0.05, 0) is 302 Å². The molecule has 0 saturated heterocycles. The highest BCUT2D eigenvalue weighted by Crippen LogP contribution is 2.24. The Bertz CT molecular complexity index is 5090. The number of nitrogens with one attached hydrogen (secondary N) is 2. The van der Waals surface area contributed by atoms with E-state index in [4.69, 9.17) is 53.1 Å². The summed E-state index contributed by atoms with van der Waals surface area (Å²) >= 11 is 9.55. The summed E-state index contributed by atoms with van der Waals surface area (Å²) in [6, 6.07) is 77.5. The lowest BCUT2D eigenvalue weighted by Crippen LogP contribution is -2.12. The number of carboxylic acids is 7. The summed E-state index contributed by atoms with van der Waals surface area (Å²) in [5, 5.41) is 65.4. The molecule has 0 aliphatic heterocycles. The Labute approximate surface area is 766 Å². The number of aliphatic carboxylic acids is 2.